The Labute approximate surface area is 115 Å². The number of nitrogens with one attached hydrogen (secondary N) is 2. The van der Waals surface area contributed by atoms with Gasteiger partial charge in [0.25, 0.3) is 0 Å². The van der Waals surface area contributed by atoms with E-state index in [1.54, 1.807) is 19.6 Å². The molecule has 1 saturated carbocycles. The molecule has 106 valence electrons. The number of methoxy groups -OCH3 is 1. The van der Waals surface area contributed by atoms with Crippen molar-refractivity contribution in [3.8, 4) is 0 Å². The van der Waals surface area contributed by atoms with Crippen molar-refractivity contribution < 1.29 is 4.74 Å². The fourth-order valence-corrected chi connectivity index (χ4v) is 2.69. The molecule has 0 spiro atoms. The molecule has 0 bridgehead atoms. The van der Waals surface area contributed by atoms with Gasteiger partial charge in [-0.15, -0.1) is 0 Å². The van der Waals surface area contributed by atoms with Gasteiger partial charge in [0.2, 0.25) is 0 Å². The van der Waals surface area contributed by atoms with Gasteiger partial charge < -0.3 is 15.4 Å². The summed E-state index contributed by atoms with van der Waals surface area (Å²) in [6.07, 6.45) is 8.13. The van der Waals surface area contributed by atoms with E-state index in [0.29, 0.717) is 18.1 Å². The summed E-state index contributed by atoms with van der Waals surface area (Å²) >= 11 is 0. The second-order valence-electron chi connectivity index (χ2n) is 5.31. The standard InChI is InChI=1S/C14H24N4O/c1-11(9-19-2)17-12-3-5-13(6-4-12)18-14-7-8-15-10-16-14/h7-8,10-13,17H,3-6,9H2,1-2H3,(H,15,16,18)/t11-,12?,13?/m1/s1. The number of hydrogen-bond donors (Lipinski definition) is 2. The zero-order valence-corrected chi connectivity index (χ0v) is 11.8. The summed E-state index contributed by atoms with van der Waals surface area (Å²) in [6.45, 7) is 2.95. The molecule has 5 heteroatoms. The predicted molar refractivity (Wildman–Crippen MR) is 76.2 cm³/mol. The normalized spacial score (nSPS) is 24.9. The molecule has 0 amide bonds. The molecule has 0 radical (unpaired) electrons. The fourth-order valence-electron chi connectivity index (χ4n) is 2.69. The number of aromatic nitrogens is 2. The Morgan fingerprint density at radius 1 is 1.32 bits per heavy atom. The van der Waals surface area contributed by atoms with Gasteiger partial charge in [0, 0.05) is 31.4 Å². The first-order chi connectivity index (χ1) is 9.28. The van der Waals surface area contributed by atoms with E-state index in [4.69, 9.17) is 4.74 Å². The maximum atomic E-state index is 5.16. The van der Waals surface area contributed by atoms with E-state index in [1.807, 2.05) is 6.07 Å². The summed E-state index contributed by atoms with van der Waals surface area (Å²) in [7, 11) is 1.75. The van der Waals surface area contributed by atoms with Crippen LogP contribution in [0.3, 0.4) is 0 Å². The lowest BCUT2D eigenvalue weighted by molar-refractivity contribution is 0.161. The van der Waals surface area contributed by atoms with E-state index in [1.165, 1.54) is 25.7 Å². The van der Waals surface area contributed by atoms with Crippen molar-refractivity contribution in [3.05, 3.63) is 18.6 Å². The molecule has 1 heterocycles. The molecule has 1 aromatic rings. The molecule has 0 saturated heterocycles. The smallest absolute Gasteiger partial charge is 0.129 e. The van der Waals surface area contributed by atoms with Crippen molar-refractivity contribution in [1.82, 2.24) is 15.3 Å². The van der Waals surface area contributed by atoms with Gasteiger partial charge in [0.15, 0.2) is 0 Å². The summed E-state index contributed by atoms with van der Waals surface area (Å²) in [5.41, 5.74) is 0. The quantitative estimate of drug-likeness (QED) is 0.821. The third kappa shape index (κ3) is 4.76. The monoisotopic (exact) mass is 264 g/mol. The van der Waals surface area contributed by atoms with Crippen LogP contribution in [0.5, 0.6) is 0 Å². The molecule has 1 atom stereocenters. The van der Waals surface area contributed by atoms with Gasteiger partial charge >= 0.3 is 0 Å². The van der Waals surface area contributed by atoms with Crippen LogP contribution in [0.4, 0.5) is 5.82 Å². The average Bonchev–Trinajstić information content (AvgIpc) is 2.42. The van der Waals surface area contributed by atoms with Crippen molar-refractivity contribution in [2.24, 2.45) is 0 Å². The van der Waals surface area contributed by atoms with Crippen LogP contribution in [0, 0.1) is 0 Å². The molecule has 1 fully saturated rings. The molecule has 19 heavy (non-hydrogen) atoms. The summed E-state index contributed by atoms with van der Waals surface area (Å²) in [5.74, 6) is 0.930. The topological polar surface area (TPSA) is 59.1 Å². The highest BCUT2D eigenvalue weighted by atomic mass is 16.5. The largest absolute Gasteiger partial charge is 0.383 e. The number of rotatable bonds is 6. The Kier molecular flexibility index (Phi) is 5.54. The molecule has 1 aliphatic carbocycles. The summed E-state index contributed by atoms with van der Waals surface area (Å²) in [6, 6.07) is 3.51. The van der Waals surface area contributed by atoms with E-state index in [-0.39, 0.29) is 0 Å². The SMILES string of the molecule is COC[C@@H](C)NC1CCC(Nc2ccncn2)CC1. The van der Waals surface area contributed by atoms with E-state index in [9.17, 15) is 0 Å². The third-order valence-corrected chi connectivity index (χ3v) is 3.60. The van der Waals surface area contributed by atoms with E-state index < -0.39 is 0 Å². The first kappa shape index (κ1) is 14.2. The van der Waals surface area contributed by atoms with Crippen molar-refractivity contribution in [1.29, 1.82) is 0 Å². The van der Waals surface area contributed by atoms with Crippen LogP contribution in [-0.2, 0) is 4.74 Å². The maximum absolute atomic E-state index is 5.16. The molecular weight excluding hydrogens is 240 g/mol. The lowest BCUT2D eigenvalue weighted by atomic mass is 9.91. The second-order valence-corrected chi connectivity index (χ2v) is 5.31. The minimum Gasteiger partial charge on any atom is -0.383 e. The van der Waals surface area contributed by atoms with Crippen molar-refractivity contribution in [2.75, 3.05) is 19.0 Å². The first-order valence-corrected chi connectivity index (χ1v) is 7.05. The number of hydrogen-bond acceptors (Lipinski definition) is 5. The molecule has 1 aliphatic rings. The average molecular weight is 264 g/mol. The van der Waals surface area contributed by atoms with Gasteiger partial charge in [-0.2, -0.15) is 0 Å². The summed E-state index contributed by atoms with van der Waals surface area (Å²) in [5, 5.41) is 7.10. The molecule has 2 N–H and O–H groups in total. The van der Waals surface area contributed by atoms with Gasteiger partial charge in [-0.05, 0) is 38.7 Å². The Morgan fingerprint density at radius 2 is 2.05 bits per heavy atom. The van der Waals surface area contributed by atoms with Crippen LogP contribution in [-0.4, -0.2) is 41.8 Å². The molecular formula is C14H24N4O. The highest BCUT2D eigenvalue weighted by Crippen LogP contribution is 2.21. The Morgan fingerprint density at radius 3 is 2.68 bits per heavy atom. The first-order valence-electron chi connectivity index (χ1n) is 7.05. The number of anilines is 1. The highest BCUT2D eigenvalue weighted by molar-refractivity contribution is 5.33. The molecule has 1 aromatic heterocycles. The van der Waals surface area contributed by atoms with Crippen molar-refractivity contribution in [3.63, 3.8) is 0 Å². The van der Waals surface area contributed by atoms with Crippen molar-refractivity contribution in [2.45, 2.75) is 50.7 Å². The molecule has 5 nitrogen and oxygen atoms in total. The van der Waals surface area contributed by atoms with Gasteiger partial charge in [-0.25, -0.2) is 9.97 Å². The Hall–Kier alpha value is -1.20. The summed E-state index contributed by atoms with van der Waals surface area (Å²) in [4.78, 5) is 8.14. The predicted octanol–water partition coefficient (Wildman–Crippen LogP) is 1.82. The zero-order chi connectivity index (χ0) is 13.5. The van der Waals surface area contributed by atoms with Gasteiger partial charge in [0.05, 0.1) is 6.61 Å². The lowest BCUT2D eigenvalue weighted by Crippen LogP contribution is -2.42. The lowest BCUT2D eigenvalue weighted by Gasteiger charge is -2.31. The van der Waals surface area contributed by atoms with Gasteiger partial charge in [-0.1, -0.05) is 0 Å². The van der Waals surface area contributed by atoms with E-state index in [2.05, 4.69) is 27.5 Å². The van der Waals surface area contributed by atoms with Crippen LogP contribution in [0.15, 0.2) is 18.6 Å². The molecule has 2 rings (SSSR count). The highest BCUT2D eigenvalue weighted by Gasteiger charge is 2.22. The molecule has 0 aliphatic heterocycles. The van der Waals surface area contributed by atoms with Crippen LogP contribution >= 0.6 is 0 Å². The Bertz CT molecular complexity index is 352. The van der Waals surface area contributed by atoms with E-state index in [0.717, 1.165) is 12.4 Å². The minimum absolute atomic E-state index is 0.432. The summed E-state index contributed by atoms with van der Waals surface area (Å²) < 4.78 is 5.16. The van der Waals surface area contributed by atoms with Crippen LogP contribution in [0.25, 0.3) is 0 Å². The number of ether oxygens (including phenoxy) is 1. The zero-order valence-electron chi connectivity index (χ0n) is 11.8. The number of nitrogens with zero attached hydrogens (tertiary/aromatic N) is 2. The third-order valence-electron chi connectivity index (χ3n) is 3.60. The fraction of sp³-hybridized carbons (Fsp3) is 0.714. The van der Waals surface area contributed by atoms with E-state index >= 15 is 0 Å². The minimum atomic E-state index is 0.432. The van der Waals surface area contributed by atoms with Crippen LogP contribution < -0.4 is 10.6 Å². The maximum Gasteiger partial charge on any atom is 0.129 e. The Balaban J connectivity index is 1.70. The van der Waals surface area contributed by atoms with Crippen LogP contribution in [0.1, 0.15) is 32.6 Å². The van der Waals surface area contributed by atoms with Gasteiger partial charge in [0.1, 0.15) is 12.1 Å². The van der Waals surface area contributed by atoms with Gasteiger partial charge in [-0.3, -0.25) is 0 Å². The molecule has 0 unspecified atom stereocenters. The second kappa shape index (κ2) is 7.40. The molecule has 0 aromatic carbocycles. The van der Waals surface area contributed by atoms with Crippen molar-refractivity contribution >= 4 is 5.82 Å². The van der Waals surface area contributed by atoms with Crippen LogP contribution in [0.2, 0.25) is 0 Å².